The zero-order valence-corrected chi connectivity index (χ0v) is 11.8. The van der Waals surface area contributed by atoms with Gasteiger partial charge in [-0.15, -0.1) is 0 Å². The van der Waals surface area contributed by atoms with E-state index in [2.05, 4.69) is 20.9 Å². The maximum absolute atomic E-state index is 3.56. The van der Waals surface area contributed by atoms with Crippen molar-refractivity contribution in [2.45, 2.75) is 37.0 Å². The van der Waals surface area contributed by atoms with Crippen molar-refractivity contribution >= 4 is 10.4 Å². The molecular weight excluding hydrogens is 192 g/mol. The van der Waals surface area contributed by atoms with Gasteiger partial charge in [0, 0.05) is 0 Å². The molecule has 84 valence electrons. The molecule has 1 fully saturated rings. The van der Waals surface area contributed by atoms with E-state index < -0.39 is 0 Å². The minimum atomic E-state index is -0.0122. The lowest BCUT2D eigenvalue weighted by Gasteiger charge is -2.53. The van der Waals surface area contributed by atoms with Crippen LogP contribution in [0, 0.1) is 0 Å². The summed E-state index contributed by atoms with van der Waals surface area (Å²) in [4.78, 5) is 3.56. The Labute approximate surface area is 90.1 Å². The molecule has 14 heavy (non-hydrogen) atoms. The smallest absolute Gasteiger partial charge is 0.0999 e. The summed E-state index contributed by atoms with van der Waals surface area (Å²) in [5, 5.41) is 10.4. The minimum Gasteiger partial charge on any atom is -0.326 e. The third kappa shape index (κ3) is 1.63. The van der Waals surface area contributed by atoms with Gasteiger partial charge >= 0.3 is 0 Å². The maximum Gasteiger partial charge on any atom is 0.0999 e. The fourth-order valence-electron chi connectivity index (χ4n) is 2.81. The summed E-state index contributed by atoms with van der Waals surface area (Å²) in [6.07, 6.45) is 4.92. The van der Waals surface area contributed by atoms with Gasteiger partial charge in [0.05, 0.1) is 21.7 Å². The molecule has 0 spiro atoms. The van der Waals surface area contributed by atoms with Gasteiger partial charge in [-0.3, -0.25) is 10.6 Å². The Bertz CT molecular complexity index is 158. The second-order valence-corrected chi connectivity index (χ2v) is 4.52. The quantitative estimate of drug-likeness (QED) is 0.341. The lowest BCUT2D eigenvalue weighted by molar-refractivity contribution is 0.0522. The predicted octanol–water partition coefficient (Wildman–Crippen LogP) is -1.52. The molecule has 0 amide bonds. The predicted molar refractivity (Wildman–Crippen MR) is 64.2 cm³/mol. The summed E-state index contributed by atoms with van der Waals surface area (Å²) in [5.41, 5.74) is 0.00270. The summed E-state index contributed by atoms with van der Waals surface area (Å²) in [6, 6.07) is 0. The maximum atomic E-state index is 3.56. The normalized spacial score (nSPS) is 31.9. The summed E-state index contributed by atoms with van der Waals surface area (Å²) in [7, 11) is 7.11. The average Bonchev–Trinajstić information content (AvgIpc) is 2.28. The molecule has 0 aromatic heterocycles. The molecule has 4 nitrogen and oxygen atoms in total. The van der Waals surface area contributed by atoms with Gasteiger partial charge in [-0.1, -0.05) is 12.8 Å². The minimum absolute atomic E-state index is 0.0122. The monoisotopic (exact) mass is 216 g/mol. The Hall–Kier alpha value is 0.0569. The van der Waals surface area contributed by atoms with E-state index in [1.807, 2.05) is 21.1 Å². The molecule has 1 atom stereocenters. The van der Waals surface area contributed by atoms with Crippen molar-refractivity contribution in [3.63, 3.8) is 0 Å². The molecule has 0 heterocycles. The molecule has 1 aliphatic carbocycles. The second kappa shape index (κ2) is 4.72. The highest BCUT2D eigenvalue weighted by molar-refractivity contribution is 6.05. The molecule has 1 aliphatic rings. The fraction of sp³-hybridized carbons (Fsp3) is 1.00. The van der Waals surface area contributed by atoms with E-state index in [-0.39, 0.29) is 11.3 Å². The average molecular weight is 216 g/mol. The molecule has 1 unspecified atom stereocenters. The molecule has 0 bridgehead atoms. The highest BCUT2D eigenvalue weighted by Crippen LogP contribution is 2.32. The molecule has 0 saturated heterocycles. The second-order valence-electron chi connectivity index (χ2n) is 4.02. The van der Waals surface area contributed by atoms with Gasteiger partial charge in [-0.05, 0) is 34.0 Å². The molecule has 4 N–H and O–H groups in total. The SMILES string of the molecule is CNC1(NC)CCCCC1(NC)N[SiH3]. The van der Waals surface area contributed by atoms with Crippen LogP contribution in [0.15, 0.2) is 0 Å². The van der Waals surface area contributed by atoms with E-state index in [1.54, 1.807) is 0 Å². The van der Waals surface area contributed by atoms with Gasteiger partial charge < -0.3 is 10.3 Å². The first kappa shape index (κ1) is 12.1. The molecular formula is C9H24N4Si. The van der Waals surface area contributed by atoms with Crippen LogP contribution in [-0.2, 0) is 0 Å². The number of nitrogens with one attached hydrogen (secondary N) is 4. The standard InChI is InChI=1S/C9H24N4Si/c1-10-8(11-2)6-4-5-7-9(8,12-3)13-14/h10-13H,4-7H2,1-3,14H3. The third-order valence-corrected chi connectivity index (χ3v) is 4.64. The van der Waals surface area contributed by atoms with E-state index in [1.165, 1.54) is 19.3 Å². The Balaban J connectivity index is 2.96. The van der Waals surface area contributed by atoms with Crippen LogP contribution in [0.2, 0.25) is 0 Å². The summed E-state index contributed by atoms with van der Waals surface area (Å²) in [5.74, 6) is 0. The van der Waals surface area contributed by atoms with E-state index in [0.717, 1.165) is 16.8 Å². The Morgan fingerprint density at radius 3 is 1.57 bits per heavy atom. The number of likely N-dealkylation sites (N-methyl/N-ethyl adjacent to an activating group) is 3. The van der Waals surface area contributed by atoms with Crippen LogP contribution in [0.1, 0.15) is 25.7 Å². The van der Waals surface area contributed by atoms with Crippen molar-refractivity contribution in [3.8, 4) is 0 Å². The lowest BCUT2D eigenvalue weighted by Crippen LogP contribution is -2.80. The van der Waals surface area contributed by atoms with Crippen molar-refractivity contribution in [2.75, 3.05) is 21.1 Å². The highest BCUT2D eigenvalue weighted by Gasteiger charge is 2.49. The number of rotatable bonds is 4. The molecule has 1 rings (SSSR count). The van der Waals surface area contributed by atoms with Gasteiger partial charge in [-0.25, -0.2) is 0 Å². The zero-order valence-electron chi connectivity index (χ0n) is 9.83. The van der Waals surface area contributed by atoms with Crippen LogP contribution in [-0.4, -0.2) is 42.9 Å². The summed E-state index contributed by atoms with van der Waals surface area (Å²) in [6.45, 7) is 0. The molecule has 0 aliphatic heterocycles. The molecule has 0 aromatic rings. The van der Waals surface area contributed by atoms with Gasteiger partial charge in [0.25, 0.3) is 0 Å². The van der Waals surface area contributed by atoms with Crippen molar-refractivity contribution in [2.24, 2.45) is 0 Å². The first-order valence-corrected chi connectivity index (χ1v) is 6.46. The van der Waals surface area contributed by atoms with E-state index in [0.29, 0.717) is 0 Å². The third-order valence-electron chi connectivity index (χ3n) is 3.79. The van der Waals surface area contributed by atoms with Gasteiger partial charge in [0.15, 0.2) is 0 Å². The van der Waals surface area contributed by atoms with Crippen LogP contribution in [0.3, 0.4) is 0 Å². The number of hydrogen-bond donors (Lipinski definition) is 4. The zero-order chi connectivity index (χ0) is 10.7. The lowest BCUT2D eigenvalue weighted by atomic mass is 9.79. The summed E-state index contributed by atoms with van der Waals surface area (Å²) < 4.78 is 0. The Morgan fingerprint density at radius 1 is 0.857 bits per heavy atom. The molecule has 0 radical (unpaired) electrons. The first-order valence-electron chi connectivity index (χ1n) is 5.46. The van der Waals surface area contributed by atoms with Crippen molar-refractivity contribution in [1.29, 1.82) is 0 Å². The van der Waals surface area contributed by atoms with Crippen LogP contribution in [0.4, 0.5) is 0 Å². The fourth-order valence-corrected chi connectivity index (χ4v) is 3.74. The van der Waals surface area contributed by atoms with Crippen molar-refractivity contribution < 1.29 is 0 Å². The highest BCUT2D eigenvalue weighted by atomic mass is 28.2. The molecule has 0 aromatic carbocycles. The van der Waals surface area contributed by atoms with Crippen LogP contribution < -0.4 is 20.9 Å². The topological polar surface area (TPSA) is 48.1 Å². The van der Waals surface area contributed by atoms with E-state index >= 15 is 0 Å². The van der Waals surface area contributed by atoms with Gasteiger partial charge in [0.1, 0.15) is 0 Å². The van der Waals surface area contributed by atoms with Crippen LogP contribution in [0.5, 0.6) is 0 Å². The first-order chi connectivity index (χ1) is 6.70. The number of hydrogen-bond acceptors (Lipinski definition) is 4. The summed E-state index contributed by atoms with van der Waals surface area (Å²) >= 11 is 0. The van der Waals surface area contributed by atoms with Crippen LogP contribution >= 0.6 is 0 Å². The van der Waals surface area contributed by atoms with Crippen molar-refractivity contribution in [3.05, 3.63) is 0 Å². The van der Waals surface area contributed by atoms with E-state index in [4.69, 9.17) is 0 Å². The Morgan fingerprint density at radius 2 is 1.29 bits per heavy atom. The molecule has 1 saturated carbocycles. The van der Waals surface area contributed by atoms with Gasteiger partial charge in [0.2, 0.25) is 0 Å². The largest absolute Gasteiger partial charge is 0.326 e. The van der Waals surface area contributed by atoms with Crippen LogP contribution in [0.25, 0.3) is 0 Å². The molecule has 5 heteroatoms. The van der Waals surface area contributed by atoms with Crippen molar-refractivity contribution in [1.82, 2.24) is 20.9 Å². The van der Waals surface area contributed by atoms with E-state index in [9.17, 15) is 0 Å². The van der Waals surface area contributed by atoms with Gasteiger partial charge in [-0.2, -0.15) is 0 Å². The Kier molecular flexibility index (Phi) is 4.09.